The number of benzene rings is 2. The number of amides is 1. The van der Waals surface area contributed by atoms with Gasteiger partial charge in [0, 0.05) is 29.6 Å². The number of hydrogen-bond acceptors (Lipinski definition) is 3. The van der Waals surface area contributed by atoms with Crippen LogP contribution in [0.5, 0.6) is 0 Å². The first-order valence-electron chi connectivity index (χ1n) is 10.5. The smallest absolute Gasteiger partial charge is 0.223 e. The molecule has 0 radical (unpaired) electrons. The first kappa shape index (κ1) is 22.4. The van der Waals surface area contributed by atoms with Crippen molar-refractivity contribution in [3.05, 3.63) is 59.4 Å². The maximum atomic E-state index is 14.4. The summed E-state index contributed by atoms with van der Waals surface area (Å²) in [5.74, 6) is -2.04. The van der Waals surface area contributed by atoms with Gasteiger partial charge in [-0.2, -0.15) is 0 Å². The van der Waals surface area contributed by atoms with E-state index in [9.17, 15) is 23.1 Å². The Morgan fingerprint density at radius 2 is 1.84 bits per heavy atom. The van der Waals surface area contributed by atoms with E-state index in [1.54, 1.807) is 12.1 Å². The van der Waals surface area contributed by atoms with Gasteiger partial charge in [-0.25, -0.2) is 13.2 Å². The highest BCUT2D eigenvalue weighted by atomic mass is 19.1. The lowest BCUT2D eigenvalue weighted by Gasteiger charge is -2.35. The van der Waals surface area contributed by atoms with Crippen molar-refractivity contribution in [1.82, 2.24) is 10.3 Å². The lowest BCUT2D eigenvalue weighted by molar-refractivity contribution is -0.130. The van der Waals surface area contributed by atoms with E-state index in [0.717, 1.165) is 11.6 Å². The summed E-state index contributed by atoms with van der Waals surface area (Å²) in [7, 11) is 0. The number of aliphatic hydroxyl groups is 2. The monoisotopic (exact) mass is 446 g/mol. The van der Waals surface area contributed by atoms with Crippen LogP contribution in [0.3, 0.4) is 0 Å². The van der Waals surface area contributed by atoms with Gasteiger partial charge in [0.15, 0.2) is 0 Å². The van der Waals surface area contributed by atoms with Crippen molar-refractivity contribution in [2.75, 3.05) is 13.2 Å². The fourth-order valence-corrected chi connectivity index (χ4v) is 4.23. The average Bonchev–Trinajstić information content (AvgIpc) is 3.08. The van der Waals surface area contributed by atoms with E-state index in [-0.39, 0.29) is 29.8 Å². The van der Waals surface area contributed by atoms with E-state index in [0.29, 0.717) is 35.9 Å². The van der Waals surface area contributed by atoms with Crippen LogP contribution in [0, 0.1) is 29.3 Å². The second-order valence-electron chi connectivity index (χ2n) is 8.91. The number of nitrogens with one attached hydrogen (secondary N) is 2. The second-order valence-corrected chi connectivity index (χ2v) is 8.91. The number of aromatic amines is 1. The van der Waals surface area contributed by atoms with Gasteiger partial charge >= 0.3 is 0 Å². The summed E-state index contributed by atoms with van der Waals surface area (Å²) < 4.78 is 41.8. The maximum absolute atomic E-state index is 14.4. The van der Waals surface area contributed by atoms with Gasteiger partial charge in [-0.05, 0) is 73.6 Å². The molecule has 1 aromatic heterocycles. The molecule has 0 saturated heterocycles. The lowest BCUT2D eigenvalue weighted by Crippen LogP contribution is -2.47. The maximum Gasteiger partial charge on any atom is 0.223 e. The van der Waals surface area contributed by atoms with Crippen molar-refractivity contribution >= 4 is 16.8 Å². The molecule has 8 heteroatoms. The highest BCUT2D eigenvalue weighted by Crippen LogP contribution is 2.41. The summed E-state index contributed by atoms with van der Waals surface area (Å²) in [5.41, 5.74) is 0.826. The van der Waals surface area contributed by atoms with E-state index >= 15 is 0 Å². The molecule has 4 N–H and O–H groups in total. The van der Waals surface area contributed by atoms with Crippen LogP contribution in [0.25, 0.3) is 22.2 Å². The average molecular weight is 446 g/mol. The molecule has 3 aromatic rings. The third kappa shape index (κ3) is 4.52. The van der Waals surface area contributed by atoms with Gasteiger partial charge in [-0.3, -0.25) is 4.79 Å². The number of carbonyl (C=O) groups excluding carboxylic acids is 1. The molecular weight excluding hydrogens is 421 g/mol. The molecule has 2 aromatic carbocycles. The Hall–Kier alpha value is -2.84. The summed E-state index contributed by atoms with van der Waals surface area (Å²) in [6.45, 7) is 0.933. The molecule has 1 unspecified atom stereocenters. The molecule has 5 nitrogen and oxygen atoms in total. The molecule has 1 aliphatic carbocycles. The molecule has 0 spiro atoms. The molecule has 1 aliphatic rings. The fraction of sp³-hybridized carbons (Fsp3) is 0.375. The molecule has 1 fully saturated rings. The number of H-pyrrole nitrogens is 1. The van der Waals surface area contributed by atoms with Crippen molar-refractivity contribution in [3.63, 3.8) is 0 Å². The predicted molar refractivity (Wildman–Crippen MR) is 114 cm³/mol. The molecule has 170 valence electrons. The van der Waals surface area contributed by atoms with Crippen molar-refractivity contribution in [1.29, 1.82) is 0 Å². The Morgan fingerprint density at radius 3 is 2.50 bits per heavy atom. The van der Waals surface area contributed by atoms with E-state index in [1.165, 1.54) is 25.1 Å². The standard InChI is InChI=1S/C24H25F3N2O3/c1-24(32,12-30)11-28-23(31)15-6-13(7-15)8-18-19-9-17(26)10-20(27)22(19)29-21(18)14-2-4-16(25)5-3-14/h2-5,9-10,13,15,29-30,32H,6-8,11-12H2,1H3,(H,28,31). The molecule has 0 aliphatic heterocycles. The van der Waals surface area contributed by atoms with E-state index < -0.39 is 29.7 Å². The third-order valence-electron chi connectivity index (χ3n) is 6.15. The normalized spacial score (nSPS) is 20.1. The summed E-state index contributed by atoms with van der Waals surface area (Å²) in [4.78, 5) is 15.3. The topological polar surface area (TPSA) is 85.3 Å². The van der Waals surface area contributed by atoms with Crippen LogP contribution in [-0.4, -0.2) is 39.9 Å². The Labute approximate surface area is 183 Å². The van der Waals surface area contributed by atoms with Gasteiger partial charge < -0.3 is 20.5 Å². The van der Waals surface area contributed by atoms with E-state index in [4.69, 9.17) is 5.11 Å². The number of rotatable bonds is 7. The minimum absolute atomic E-state index is 0.0424. The van der Waals surface area contributed by atoms with Crippen molar-refractivity contribution < 1.29 is 28.2 Å². The Kier molecular flexibility index (Phi) is 6.01. The molecule has 1 atom stereocenters. The van der Waals surface area contributed by atoms with E-state index in [2.05, 4.69) is 10.3 Å². The van der Waals surface area contributed by atoms with Gasteiger partial charge in [-0.1, -0.05) is 0 Å². The molecule has 4 rings (SSSR count). The Balaban J connectivity index is 1.54. The minimum atomic E-state index is -1.37. The van der Waals surface area contributed by atoms with Gasteiger partial charge in [-0.15, -0.1) is 0 Å². The lowest BCUT2D eigenvalue weighted by atomic mass is 9.71. The van der Waals surface area contributed by atoms with Crippen molar-refractivity contribution in [3.8, 4) is 11.3 Å². The van der Waals surface area contributed by atoms with Crippen LogP contribution in [0.15, 0.2) is 36.4 Å². The molecular formula is C24H25F3N2O3. The summed E-state index contributed by atoms with van der Waals surface area (Å²) in [5, 5.41) is 22.0. The summed E-state index contributed by atoms with van der Waals surface area (Å²) in [6.07, 6.45) is 1.70. The minimum Gasteiger partial charge on any atom is -0.393 e. The largest absolute Gasteiger partial charge is 0.393 e. The fourth-order valence-electron chi connectivity index (χ4n) is 4.23. The van der Waals surface area contributed by atoms with Gasteiger partial charge in [0.2, 0.25) is 5.91 Å². The highest BCUT2D eigenvalue weighted by Gasteiger charge is 2.36. The number of fused-ring (bicyclic) bond motifs is 1. The van der Waals surface area contributed by atoms with Crippen LogP contribution in [-0.2, 0) is 11.2 Å². The van der Waals surface area contributed by atoms with Crippen LogP contribution in [0.1, 0.15) is 25.3 Å². The number of aliphatic hydroxyl groups excluding tert-OH is 1. The molecule has 32 heavy (non-hydrogen) atoms. The zero-order valence-corrected chi connectivity index (χ0v) is 17.6. The number of halogens is 3. The van der Waals surface area contributed by atoms with Gasteiger partial charge in [0.25, 0.3) is 0 Å². The van der Waals surface area contributed by atoms with Crippen LogP contribution in [0.2, 0.25) is 0 Å². The number of aromatic nitrogens is 1. The van der Waals surface area contributed by atoms with E-state index in [1.807, 2.05) is 0 Å². The molecule has 1 heterocycles. The highest BCUT2D eigenvalue weighted by molar-refractivity contribution is 5.91. The van der Waals surface area contributed by atoms with Crippen molar-refractivity contribution in [2.24, 2.45) is 11.8 Å². The predicted octanol–water partition coefficient (Wildman–Crippen LogP) is 3.68. The Bertz CT molecular complexity index is 1140. The Morgan fingerprint density at radius 1 is 1.16 bits per heavy atom. The summed E-state index contributed by atoms with van der Waals surface area (Å²) in [6, 6.07) is 7.90. The van der Waals surface area contributed by atoms with Gasteiger partial charge in [0.1, 0.15) is 23.1 Å². The number of hydrogen-bond donors (Lipinski definition) is 4. The third-order valence-corrected chi connectivity index (χ3v) is 6.15. The number of carbonyl (C=O) groups is 1. The molecule has 1 saturated carbocycles. The van der Waals surface area contributed by atoms with Crippen LogP contribution < -0.4 is 5.32 Å². The second kappa shape index (κ2) is 8.60. The molecule has 0 bridgehead atoms. The first-order valence-corrected chi connectivity index (χ1v) is 10.5. The SMILES string of the molecule is CC(O)(CO)CNC(=O)C1CC(Cc2c(-c3ccc(F)cc3)[nH]c3c(F)cc(F)cc23)C1. The first-order chi connectivity index (χ1) is 15.2. The van der Waals surface area contributed by atoms with Crippen LogP contribution in [0.4, 0.5) is 13.2 Å². The quantitative estimate of drug-likeness (QED) is 0.447. The molecule has 1 amide bonds. The summed E-state index contributed by atoms with van der Waals surface area (Å²) >= 11 is 0. The zero-order chi connectivity index (χ0) is 23.0. The van der Waals surface area contributed by atoms with Gasteiger partial charge in [0.05, 0.1) is 12.1 Å². The zero-order valence-electron chi connectivity index (χ0n) is 17.6. The van der Waals surface area contributed by atoms with Crippen LogP contribution >= 0.6 is 0 Å². The van der Waals surface area contributed by atoms with Crippen molar-refractivity contribution in [2.45, 2.75) is 31.8 Å².